The fourth-order valence-corrected chi connectivity index (χ4v) is 4.33. The molecule has 4 aromatic carbocycles. The summed E-state index contributed by atoms with van der Waals surface area (Å²) in [5, 5.41) is 8.65. The van der Waals surface area contributed by atoms with E-state index in [1.807, 2.05) is 79.8 Å². The minimum absolute atomic E-state index is 0.424. The lowest BCUT2D eigenvalue weighted by Crippen LogP contribution is -2.10. The first kappa shape index (κ1) is 20.0. The molecule has 6 nitrogen and oxygen atoms in total. The maximum atomic E-state index is 13.1. The van der Waals surface area contributed by atoms with Gasteiger partial charge in [0.15, 0.2) is 22.6 Å². The van der Waals surface area contributed by atoms with Crippen molar-refractivity contribution in [3.05, 3.63) is 91.0 Å². The fourth-order valence-electron chi connectivity index (χ4n) is 3.51. The number of fused-ring (bicyclic) bond motifs is 2. The number of para-hydroxylation sites is 2. The van der Waals surface area contributed by atoms with E-state index in [1.165, 1.54) is 0 Å². The minimum atomic E-state index is -1.50. The highest BCUT2D eigenvalue weighted by Crippen LogP contribution is 2.30. The van der Waals surface area contributed by atoms with Crippen molar-refractivity contribution < 1.29 is 4.21 Å². The number of aromatic nitrogens is 2. The molecule has 0 amide bonds. The van der Waals surface area contributed by atoms with Crippen LogP contribution in [0.4, 0.5) is 23.0 Å². The van der Waals surface area contributed by atoms with Crippen LogP contribution in [0.15, 0.2) is 95.9 Å². The number of anilines is 4. The highest BCUT2D eigenvalue weighted by atomic mass is 32.2. The molecule has 1 heterocycles. The van der Waals surface area contributed by atoms with Crippen LogP contribution < -0.4 is 15.4 Å². The van der Waals surface area contributed by atoms with E-state index in [0.29, 0.717) is 16.5 Å². The monoisotopic (exact) mass is 439 g/mol. The van der Waals surface area contributed by atoms with E-state index in [4.69, 9.17) is 9.97 Å². The Balaban J connectivity index is 1.55. The second kappa shape index (κ2) is 8.64. The highest BCUT2D eigenvalue weighted by molar-refractivity contribution is 7.86. The Morgan fingerprint density at radius 2 is 1.38 bits per heavy atom. The van der Waals surface area contributed by atoms with Gasteiger partial charge in [-0.05, 0) is 47.9 Å². The molecule has 0 aliphatic carbocycles. The van der Waals surface area contributed by atoms with E-state index in [0.717, 1.165) is 33.2 Å². The zero-order chi connectivity index (χ0) is 21.9. The normalized spacial score (nSPS) is 11.9. The van der Waals surface area contributed by atoms with Gasteiger partial charge >= 0.3 is 0 Å². The molecule has 0 aliphatic rings. The van der Waals surface area contributed by atoms with Gasteiger partial charge in [0, 0.05) is 23.8 Å². The van der Waals surface area contributed by atoms with Crippen molar-refractivity contribution in [1.82, 2.24) is 9.97 Å². The standard InChI is InChI=1S/C25H21N5OS/c1-26-18-13-15-19(16-14-18)32(31)30-25-24(28-22-10-4-5-11-23(22)29-25)27-21-12-6-8-17-7-2-3-9-20(17)21/h2-16,26H,1H3,(H,27,28)(H,29,30). The number of rotatable bonds is 6. The van der Waals surface area contributed by atoms with Crippen molar-refractivity contribution in [3.63, 3.8) is 0 Å². The van der Waals surface area contributed by atoms with Gasteiger partial charge in [-0.25, -0.2) is 14.2 Å². The van der Waals surface area contributed by atoms with Gasteiger partial charge in [0.25, 0.3) is 0 Å². The molecule has 0 saturated carbocycles. The van der Waals surface area contributed by atoms with E-state index < -0.39 is 11.0 Å². The molecular formula is C25H21N5OS. The third kappa shape index (κ3) is 3.98. The average molecular weight is 440 g/mol. The second-order valence-corrected chi connectivity index (χ2v) is 8.42. The Kier molecular flexibility index (Phi) is 5.39. The molecule has 0 fully saturated rings. The number of hydrogen-bond donors (Lipinski definition) is 3. The van der Waals surface area contributed by atoms with Gasteiger partial charge in [-0.1, -0.05) is 48.5 Å². The van der Waals surface area contributed by atoms with Crippen molar-refractivity contribution in [3.8, 4) is 0 Å². The van der Waals surface area contributed by atoms with E-state index >= 15 is 0 Å². The van der Waals surface area contributed by atoms with Gasteiger partial charge in [-0.3, -0.25) is 4.72 Å². The summed E-state index contributed by atoms with van der Waals surface area (Å²) in [5.74, 6) is 0.938. The van der Waals surface area contributed by atoms with Crippen LogP contribution in [-0.2, 0) is 11.0 Å². The van der Waals surface area contributed by atoms with Crippen LogP contribution in [0.2, 0.25) is 0 Å². The molecular weight excluding hydrogens is 418 g/mol. The molecule has 0 aliphatic heterocycles. The molecule has 0 bridgehead atoms. The summed E-state index contributed by atoms with van der Waals surface area (Å²) in [4.78, 5) is 10.1. The lowest BCUT2D eigenvalue weighted by atomic mass is 10.1. The molecule has 1 aromatic heterocycles. The molecule has 0 radical (unpaired) electrons. The van der Waals surface area contributed by atoms with E-state index in [9.17, 15) is 4.21 Å². The quantitative estimate of drug-likeness (QED) is 0.316. The van der Waals surface area contributed by atoms with Crippen LogP contribution >= 0.6 is 0 Å². The third-order valence-corrected chi connectivity index (χ3v) is 6.24. The Morgan fingerprint density at radius 3 is 2.12 bits per heavy atom. The Hall–Kier alpha value is -3.97. The minimum Gasteiger partial charge on any atom is -0.388 e. The number of nitrogens with zero attached hydrogens (tertiary/aromatic N) is 2. The van der Waals surface area contributed by atoms with Gasteiger partial charge in [0.1, 0.15) is 0 Å². The SMILES string of the molecule is CNc1ccc(S(=O)Nc2nc3ccccc3nc2Nc2cccc3ccccc23)cc1. The maximum absolute atomic E-state index is 13.1. The van der Waals surface area contributed by atoms with Crippen LogP contribution in [0, 0.1) is 0 Å². The average Bonchev–Trinajstić information content (AvgIpc) is 2.84. The number of hydrogen-bond acceptors (Lipinski definition) is 5. The highest BCUT2D eigenvalue weighted by Gasteiger charge is 2.14. The predicted octanol–water partition coefficient (Wildman–Crippen LogP) is 5.70. The largest absolute Gasteiger partial charge is 0.388 e. The van der Waals surface area contributed by atoms with Gasteiger partial charge in [-0.2, -0.15) is 0 Å². The van der Waals surface area contributed by atoms with Gasteiger partial charge in [0.05, 0.1) is 15.9 Å². The predicted molar refractivity (Wildman–Crippen MR) is 133 cm³/mol. The number of benzene rings is 4. The van der Waals surface area contributed by atoms with Crippen molar-refractivity contribution in [2.45, 2.75) is 4.90 Å². The van der Waals surface area contributed by atoms with Gasteiger partial charge in [0.2, 0.25) is 0 Å². The Labute approximate surface area is 188 Å². The van der Waals surface area contributed by atoms with Crippen LogP contribution in [0.25, 0.3) is 21.8 Å². The molecule has 158 valence electrons. The first-order valence-corrected chi connectivity index (χ1v) is 11.3. The fraction of sp³-hybridized carbons (Fsp3) is 0.0400. The summed E-state index contributed by atoms with van der Waals surface area (Å²) >= 11 is 0. The molecule has 0 spiro atoms. The van der Waals surface area contributed by atoms with Crippen LogP contribution in [0.5, 0.6) is 0 Å². The second-order valence-electron chi connectivity index (χ2n) is 7.21. The molecule has 0 saturated heterocycles. The lowest BCUT2D eigenvalue weighted by molar-refractivity contribution is 0.686. The summed E-state index contributed by atoms with van der Waals surface area (Å²) < 4.78 is 16.1. The summed E-state index contributed by atoms with van der Waals surface area (Å²) in [6, 6.07) is 29.2. The summed E-state index contributed by atoms with van der Waals surface area (Å²) in [7, 11) is 0.344. The summed E-state index contributed by atoms with van der Waals surface area (Å²) in [5.41, 5.74) is 3.33. The van der Waals surface area contributed by atoms with Crippen LogP contribution in [-0.4, -0.2) is 21.2 Å². The molecule has 1 atom stereocenters. The maximum Gasteiger partial charge on any atom is 0.182 e. The molecule has 1 unspecified atom stereocenters. The molecule has 32 heavy (non-hydrogen) atoms. The van der Waals surface area contributed by atoms with Crippen molar-refractivity contribution in [2.75, 3.05) is 22.4 Å². The summed E-state index contributed by atoms with van der Waals surface area (Å²) in [6.45, 7) is 0. The zero-order valence-corrected chi connectivity index (χ0v) is 18.2. The lowest BCUT2D eigenvalue weighted by Gasteiger charge is -2.14. The zero-order valence-electron chi connectivity index (χ0n) is 17.4. The topological polar surface area (TPSA) is 78.9 Å². The molecule has 3 N–H and O–H groups in total. The van der Waals surface area contributed by atoms with Crippen LogP contribution in [0.1, 0.15) is 0 Å². The Morgan fingerprint density at radius 1 is 0.719 bits per heavy atom. The van der Waals surface area contributed by atoms with Crippen molar-refractivity contribution >= 4 is 55.8 Å². The van der Waals surface area contributed by atoms with E-state index in [1.54, 1.807) is 0 Å². The smallest absolute Gasteiger partial charge is 0.182 e. The third-order valence-electron chi connectivity index (χ3n) is 5.16. The van der Waals surface area contributed by atoms with Gasteiger partial charge < -0.3 is 10.6 Å². The molecule has 7 heteroatoms. The van der Waals surface area contributed by atoms with Crippen LogP contribution in [0.3, 0.4) is 0 Å². The molecule has 5 rings (SSSR count). The van der Waals surface area contributed by atoms with E-state index in [2.05, 4.69) is 33.6 Å². The molecule has 5 aromatic rings. The van der Waals surface area contributed by atoms with Gasteiger partial charge in [-0.15, -0.1) is 0 Å². The van der Waals surface area contributed by atoms with E-state index in [-0.39, 0.29) is 0 Å². The van der Waals surface area contributed by atoms with Crippen molar-refractivity contribution in [1.29, 1.82) is 0 Å². The van der Waals surface area contributed by atoms with Crippen molar-refractivity contribution in [2.24, 2.45) is 0 Å². The number of nitrogens with one attached hydrogen (secondary N) is 3. The summed E-state index contributed by atoms with van der Waals surface area (Å²) in [6.07, 6.45) is 0. The Bertz CT molecular complexity index is 1430. The first-order valence-electron chi connectivity index (χ1n) is 10.2. The first-order chi connectivity index (χ1) is 15.7.